The summed E-state index contributed by atoms with van der Waals surface area (Å²) in [7, 11) is 0. The van der Waals surface area contributed by atoms with Crippen LogP contribution in [0, 0.1) is 19.7 Å². The highest BCUT2D eigenvalue weighted by Gasteiger charge is 2.35. The quantitative estimate of drug-likeness (QED) is 0.708. The fourth-order valence-corrected chi connectivity index (χ4v) is 3.89. The first-order valence-corrected chi connectivity index (χ1v) is 9.90. The van der Waals surface area contributed by atoms with Crippen molar-refractivity contribution in [3.63, 3.8) is 0 Å². The van der Waals surface area contributed by atoms with Crippen LogP contribution in [0.25, 0.3) is 0 Å². The molecular formula is C23H23FN4O2. The summed E-state index contributed by atoms with van der Waals surface area (Å²) in [5.41, 5.74) is 3.15. The van der Waals surface area contributed by atoms with E-state index in [1.54, 1.807) is 29.8 Å². The minimum absolute atomic E-state index is 0.238. The summed E-state index contributed by atoms with van der Waals surface area (Å²) in [6.45, 7) is 4.55. The van der Waals surface area contributed by atoms with E-state index in [4.69, 9.17) is 0 Å². The van der Waals surface area contributed by atoms with Crippen LogP contribution in [-0.4, -0.2) is 34.2 Å². The summed E-state index contributed by atoms with van der Waals surface area (Å²) in [4.78, 5) is 27.1. The van der Waals surface area contributed by atoms with E-state index in [2.05, 4.69) is 10.4 Å². The first-order chi connectivity index (χ1) is 14.5. The number of anilines is 1. The number of aromatic nitrogens is 2. The molecule has 154 valence electrons. The predicted octanol–water partition coefficient (Wildman–Crippen LogP) is 3.22. The lowest BCUT2D eigenvalue weighted by molar-refractivity contribution is -0.118. The zero-order chi connectivity index (χ0) is 21.3. The lowest BCUT2D eigenvalue weighted by Gasteiger charge is -2.18. The molecule has 7 heteroatoms. The molecule has 1 aromatic heterocycles. The van der Waals surface area contributed by atoms with Crippen LogP contribution in [-0.2, 0) is 11.3 Å². The number of carbonyl (C=O) groups is 2. The van der Waals surface area contributed by atoms with Crippen molar-refractivity contribution in [3.8, 4) is 0 Å². The summed E-state index contributed by atoms with van der Waals surface area (Å²) in [6, 6.07) is 15.4. The Balaban J connectivity index is 1.49. The third kappa shape index (κ3) is 3.70. The minimum Gasteiger partial charge on any atom is -0.340 e. The van der Waals surface area contributed by atoms with Crippen molar-refractivity contribution in [2.75, 3.05) is 11.4 Å². The number of carbonyl (C=O) groups excluding carboxylic acids is 2. The Kier molecular flexibility index (Phi) is 5.35. The number of para-hydroxylation sites is 1. The maximum absolute atomic E-state index is 14.1. The highest BCUT2D eigenvalue weighted by Crippen LogP contribution is 2.25. The van der Waals surface area contributed by atoms with E-state index in [0.717, 1.165) is 11.3 Å². The van der Waals surface area contributed by atoms with Crippen LogP contribution in [0.1, 0.15) is 33.7 Å². The molecule has 2 amide bonds. The molecule has 1 saturated heterocycles. The molecule has 0 aliphatic carbocycles. The standard InChI is InChI=1S/C23H23FN4O2/c1-15-21(16(2)28(26-15)14-17-8-4-3-5-9-17)22(29)25-19-12-13-27(23(19)30)20-11-7-6-10-18(20)24/h3-11,19H,12-14H2,1-2H3,(H,25,29). The predicted molar refractivity (Wildman–Crippen MR) is 112 cm³/mol. The molecular weight excluding hydrogens is 383 g/mol. The molecule has 2 aromatic carbocycles. The molecule has 2 heterocycles. The lowest BCUT2D eigenvalue weighted by atomic mass is 10.1. The van der Waals surface area contributed by atoms with Gasteiger partial charge in [-0.1, -0.05) is 42.5 Å². The summed E-state index contributed by atoms with van der Waals surface area (Å²) in [5, 5.41) is 7.32. The Morgan fingerprint density at radius 2 is 1.83 bits per heavy atom. The zero-order valence-corrected chi connectivity index (χ0v) is 16.9. The summed E-state index contributed by atoms with van der Waals surface area (Å²) in [6.07, 6.45) is 0.426. The van der Waals surface area contributed by atoms with E-state index in [0.29, 0.717) is 30.8 Å². The van der Waals surface area contributed by atoms with Gasteiger partial charge in [0, 0.05) is 12.2 Å². The molecule has 1 atom stereocenters. The van der Waals surface area contributed by atoms with Crippen molar-refractivity contribution >= 4 is 17.5 Å². The van der Waals surface area contributed by atoms with Crippen LogP contribution >= 0.6 is 0 Å². The van der Waals surface area contributed by atoms with Crippen LogP contribution < -0.4 is 10.2 Å². The van der Waals surface area contributed by atoms with E-state index in [9.17, 15) is 14.0 Å². The van der Waals surface area contributed by atoms with Gasteiger partial charge >= 0.3 is 0 Å². The van der Waals surface area contributed by atoms with Gasteiger partial charge < -0.3 is 10.2 Å². The van der Waals surface area contributed by atoms with Gasteiger partial charge in [0.05, 0.1) is 23.5 Å². The number of aryl methyl sites for hydroxylation is 1. The topological polar surface area (TPSA) is 67.2 Å². The molecule has 0 saturated carbocycles. The number of nitrogens with zero attached hydrogens (tertiary/aromatic N) is 3. The number of benzene rings is 2. The maximum atomic E-state index is 14.1. The van der Waals surface area contributed by atoms with Crippen molar-refractivity contribution in [2.24, 2.45) is 0 Å². The smallest absolute Gasteiger partial charge is 0.255 e. The second-order valence-corrected chi connectivity index (χ2v) is 7.45. The molecule has 0 spiro atoms. The zero-order valence-electron chi connectivity index (χ0n) is 16.9. The number of halogens is 1. The summed E-state index contributed by atoms with van der Waals surface area (Å²) in [5.74, 6) is -1.09. The summed E-state index contributed by atoms with van der Waals surface area (Å²) >= 11 is 0. The molecule has 3 aromatic rings. The molecule has 30 heavy (non-hydrogen) atoms. The molecule has 1 N–H and O–H groups in total. The Hall–Kier alpha value is -3.48. The number of hydrogen-bond donors (Lipinski definition) is 1. The van der Waals surface area contributed by atoms with Gasteiger partial charge in [-0.3, -0.25) is 14.3 Å². The molecule has 1 fully saturated rings. The molecule has 0 bridgehead atoms. The number of hydrogen-bond acceptors (Lipinski definition) is 3. The monoisotopic (exact) mass is 406 g/mol. The molecule has 1 aliphatic rings. The second-order valence-electron chi connectivity index (χ2n) is 7.45. The van der Waals surface area contributed by atoms with Crippen LogP contribution in [0.2, 0.25) is 0 Å². The largest absolute Gasteiger partial charge is 0.340 e. The van der Waals surface area contributed by atoms with E-state index >= 15 is 0 Å². The minimum atomic E-state index is -0.687. The van der Waals surface area contributed by atoms with Gasteiger partial charge in [0.1, 0.15) is 11.9 Å². The van der Waals surface area contributed by atoms with Crippen LogP contribution in [0.4, 0.5) is 10.1 Å². The van der Waals surface area contributed by atoms with Crippen LogP contribution in [0.15, 0.2) is 54.6 Å². The average molecular weight is 406 g/mol. The Bertz CT molecular complexity index is 1090. The van der Waals surface area contributed by atoms with E-state index in [-0.39, 0.29) is 17.5 Å². The third-order valence-electron chi connectivity index (χ3n) is 5.44. The van der Waals surface area contributed by atoms with Gasteiger partial charge in [-0.05, 0) is 38.0 Å². The van der Waals surface area contributed by atoms with Gasteiger partial charge in [-0.2, -0.15) is 5.10 Å². The fourth-order valence-electron chi connectivity index (χ4n) is 3.89. The summed E-state index contributed by atoms with van der Waals surface area (Å²) < 4.78 is 15.9. The molecule has 6 nitrogen and oxygen atoms in total. The third-order valence-corrected chi connectivity index (χ3v) is 5.44. The van der Waals surface area contributed by atoms with Crippen molar-refractivity contribution in [2.45, 2.75) is 32.9 Å². The Morgan fingerprint density at radius 3 is 2.57 bits per heavy atom. The SMILES string of the molecule is Cc1nn(Cc2ccccc2)c(C)c1C(=O)NC1CCN(c2ccccc2F)C1=O. The van der Waals surface area contributed by atoms with Crippen LogP contribution in [0.3, 0.4) is 0 Å². The Morgan fingerprint density at radius 1 is 1.13 bits per heavy atom. The van der Waals surface area contributed by atoms with E-state index < -0.39 is 11.9 Å². The van der Waals surface area contributed by atoms with E-state index in [1.165, 1.54) is 11.0 Å². The molecule has 4 rings (SSSR count). The first-order valence-electron chi connectivity index (χ1n) is 9.90. The van der Waals surface area contributed by atoms with Crippen molar-refractivity contribution in [3.05, 3.63) is 82.9 Å². The molecule has 0 radical (unpaired) electrons. The van der Waals surface area contributed by atoms with Crippen LogP contribution in [0.5, 0.6) is 0 Å². The average Bonchev–Trinajstić information content (AvgIpc) is 3.22. The number of amides is 2. The normalized spacial score (nSPS) is 16.2. The second kappa shape index (κ2) is 8.10. The molecule has 1 aliphatic heterocycles. The first kappa shape index (κ1) is 19.8. The van der Waals surface area contributed by atoms with E-state index in [1.807, 2.05) is 37.3 Å². The van der Waals surface area contributed by atoms with Crippen molar-refractivity contribution in [1.82, 2.24) is 15.1 Å². The molecule has 1 unspecified atom stereocenters. The van der Waals surface area contributed by atoms with Gasteiger partial charge in [-0.25, -0.2) is 4.39 Å². The van der Waals surface area contributed by atoms with Gasteiger partial charge in [-0.15, -0.1) is 0 Å². The van der Waals surface area contributed by atoms with Crippen molar-refractivity contribution < 1.29 is 14.0 Å². The van der Waals surface area contributed by atoms with Gasteiger partial charge in [0.25, 0.3) is 5.91 Å². The maximum Gasteiger partial charge on any atom is 0.255 e. The number of nitrogens with one attached hydrogen (secondary N) is 1. The van der Waals surface area contributed by atoms with Gasteiger partial charge in [0.15, 0.2) is 0 Å². The lowest BCUT2D eigenvalue weighted by Crippen LogP contribution is -2.42. The fraction of sp³-hybridized carbons (Fsp3) is 0.261. The number of rotatable bonds is 5. The Labute approximate surface area is 174 Å². The highest BCUT2D eigenvalue weighted by atomic mass is 19.1. The highest BCUT2D eigenvalue weighted by molar-refractivity contribution is 6.04. The van der Waals surface area contributed by atoms with Crippen molar-refractivity contribution in [1.29, 1.82) is 0 Å². The van der Waals surface area contributed by atoms with Gasteiger partial charge in [0.2, 0.25) is 5.91 Å².